The fourth-order valence-corrected chi connectivity index (χ4v) is 2.35. The number of thioether (sulfide) groups is 1. The van der Waals surface area contributed by atoms with Crippen molar-refractivity contribution < 1.29 is 26.7 Å². The van der Waals surface area contributed by atoms with E-state index in [-0.39, 0.29) is 10.8 Å². The van der Waals surface area contributed by atoms with Gasteiger partial charge in [0.1, 0.15) is 17.3 Å². The number of halogens is 5. The number of nitrogens with one attached hydrogen (secondary N) is 1. The average molecular weight is 363 g/mol. The molecule has 0 unspecified atom stereocenters. The Bertz CT molecular complexity index is 753. The van der Waals surface area contributed by atoms with Gasteiger partial charge in [-0.3, -0.25) is 4.79 Å². The van der Waals surface area contributed by atoms with Crippen LogP contribution < -0.4 is 5.32 Å². The third-order valence-electron chi connectivity index (χ3n) is 2.76. The number of aromatic nitrogens is 2. The molecule has 1 heterocycles. The second-order valence-corrected chi connectivity index (χ2v) is 5.90. The van der Waals surface area contributed by atoms with Gasteiger partial charge in [-0.25, -0.2) is 18.7 Å². The van der Waals surface area contributed by atoms with E-state index in [2.05, 4.69) is 15.3 Å². The van der Waals surface area contributed by atoms with Gasteiger partial charge in [0.25, 0.3) is 0 Å². The lowest BCUT2D eigenvalue weighted by atomic mass is 10.3. The summed E-state index contributed by atoms with van der Waals surface area (Å²) in [6.45, 7) is 1.38. The van der Waals surface area contributed by atoms with Crippen molar-refractivity contribution in [3.8, 4) is 0 Å². The van der Waals surface area contributed by atoms with Crippen molar-refractivity contribution in [1.29, 1.82) is 0 Å². The Morgan fingerprint density at radius 1 is 1.25 bits per heavy atom. The van der Waals surface area contributed by atoms with Crippen LogP contribution in [0.5, 0.6) is 0 Å². The molecule has 0 aliphatic carbocycles. The first-order valence-corrected chi connectivity index (χ1v) is 7.37. The highest BCUT2D eigenvalue weighted by atomic mass is 32.2. The van der Waals surface area contributed by atoms with Crippen molar-refractivity contribution >= 4 is 23.4 Å². The minimum Gasteiger partial charge on any atom is -0.323 e. The van der Waals surface area contributed by atoms with Crippen LogP contribution >= 0.6 is 11.8 Å². The van der Waals surface area contributed by atoms with E-state index in [0.717, 1.165) is 24.4 Å². The van der Waals surface area contributed by atoms with E-state index in [9.17, 15) is 26.7 Å². The van der Waals surface area contributed by atoms with Crippen LogP contribution in [0.1, 0.15) is 12.6 Å². The second-order valence-electron chi connectivity index (χ2n) is 4.60. The molecule has 2 rings (SSSR count). The summed E-state index contributed by atoms with van der Waals surface area (Å²) < 4.78 is 64.3. The summed E-state index contributed by atoms with van der Waals surface area (Å²) in [6.07, 6.45) is -3.70. The molecule has 0 radical (unpaired) electrons. The van der Waals surface area contributed by atoms with Crippen LogP contribution in [-0.4, -0.2) is 21.1 Å². The molecule has 1 aromatic carbocycles. The Morgan fingerprint density at radius 3 is 2.62 bits per heavy atom. The van der Waals surface area contributed by atoms with Crippen molar-refractivity contribution in [1.82, 2.24) is 9.97 Å². The summed E-state index contributed by atoms with van der Waals surface area (Å²) in [5.41, 5.74) is -1.50. The molecule has 0 aliphatic heterocycles. The third kappa shape index (κ3) is 4.63. The van der Waals surface area contributed by atoms with Gasteiger partial charge in [-0.2, -0.15) is 13.2 Å². The minimum atomic E-state index is -4.63. The first-order chi connectivity index (χ1) is 11.2. The molecule has 128 valence electrons. The maximum absolute atomic E-state index is 13.5. The van der Waals surface area contributed by atoms with Crippen molar-refractivity contribution in [2.75, 3.05) is 5.32 Å². The average Bonchev–Trinajstić information content (AvgIpc) is 2.50. The molecule has 4 nitrogen and oxygen atoms in total. The number of hydrogen-bond acceptors (Lipinski definition) is 4. The van der Waals surface area contributed by atoms with Gasteiger partial charge >= 0.3 is 6.18 Å². The SMILES string of the molecule is C[C@H](Sc1nccc(C(F)(F)F)n1)C(=O)Nc1cc(F)ccc1F. The van der Waals surface area contributed by atoms with Gasteiger partial charge in [0, 0.05) is 12.3 Å². The third-order valence-corrected chi connectivity index (χ3v) is 3.74. The van der Waals surface area contributed by atoms with Crippen molar-refractivity contribution in [3.63, 3.8) is 0 Å². The van der Waals surface area contributed by atoms with Crippen molar-refractivity contribution in [2.24, 2.45) is 0 Å². The molecule has 0 saturated heterocycles. The number of nitrogens with zero attached hydrogens (tertiary/aromatic N) is 2. The monoisotopic (exact) mass is 363 g/mol. The van der Waals surface area contributed by atoms with Gasteiger partial charge in [0.2, 0.25) is 5.91 Å². The summed E-state index contributed by atoms with van der Waals surface area (Å²) in [7, 11) is 0. The van der Waals surface area contributed by atoms with Crippen molar-refractivity contribution in [3.05, 3.63) is 47.8 Å². The van der Waals surface area contributed by atoms with Gasteiger partial charge < -0.3 is 5.32 Å². The van der Waals surface area contributed by atoms with E-state index in [4.69, 9.17) is 0 Å². The van der Waals surface area contributed by atoms with E-state index in [1.54, 1.807) is 0 Å². The molecular formula is C14H10F5N3OS. The van der Waals surface area contributed by atoms with Crippen LogP contribution in [-0.2, 0) is 11.0 Å². The summed E-state index contributed by atoms with van der Waals surface area (Å²) in [5.74, 6) is -2.31. The number of amides is 1. The van der Waals surface area contributed by atoms with Crippen LogP contribution in [0.25, 0.3) is 0 Å². The molecule has 24 heavy (non-hydrogen) atoms. The number of carbonyl (C=O) groups is 1. The summed E-state index contributed by atoms with van der Waals surface area (Å²) in [4.78, 5) is 18.9. The first-order valence-electron chi connectivity index (χ1n) is 6.49. The zero-order chi connectivity index (χ0) is 17.9. The van der Waals surface area contributed by atoms with E-state index in [0.29, 0.717) is 17.8 Å². The minimum absolute atomic E-state index is 0.257. The quantitative estimate of drug-likeness (QED) is 0.509. The highest BCUT2D eigenvalue weighted by Crippen LogP contribution is 2.29. The van der Waals surface area contributed by atoms with E-state index in [1.165, 1.54) is 6.92 Å². The van der Waals surface area contributed by atoms with E-state index >= 15 is 0 Å². The molecule has 0 aliphatic rings. The Kier molecular flexibility index (Phi) is 5.37. The molecule has 0 bridgehead atoms. The number of benzene rings is 1. The Morgan fingerprint density at radius 2 is 1.96 bits per heavy atom. The van der Waals surface area contributed by atoms with Crippen LogP contribution in [0.3, 0.4) is 0 Å². The number of hydrogen-bond donors (Lipinski definition) is 1. The Balaban J connectivity index is 2.08. The van der Waals surface area contributed by atoms with Gasteiger partial charge in [0.05, 0.1) is 10.9 Å². The lowest BCUT2D eigenvalue weighted by molar-refractivity contribution is -0.141. The Hall–Kier alpha value is -2.23. The van der Waals surface area contributed by atoms with Crippen molar-refractivity contribution in [2.45, 2.75) is 23.5 Å². The second kappa shape index (κ2) is 7.12. The fourth-order valence-electron chi connectivity index (χ4n) is 1.59. The zero-order valence-corrected chi connectivity index (χ0v) is 12.9. The topological polar surface area (TPSA) is 54.9 Å². The van der Waals surface area contributed by atoms with Gasteiger partial charge in [-0.05, 0) is 25.1 Å². The standard InChI is InChI=1S/C14H10F5N3OS/c1-7(12(23)21-10-6-8(15)2-3-9(10)16)24-13-20-5-4-11(22-13)14(17,18)19/h2-7H,1H3,(H,21,23)/t7-/m0/s1. The smallest absolute Gasteiger partial charge is 0.323 e. The molecule has 1 atom stereocenters. The number of anilines is 1. The normalized spacial score (nSPS) is 12.8. The van der Waals surface area contributed by atoms with Crippen LogP contribution in [0.4, 0.5) is 27.6 Å². The Labute approximate surface area is 137 Å². The number of rotatable bonds is 4. The predicted octanol–water partition coefficient (Wildman–Crippen LogP) is 3.89. The van der Waals surface area contributed by atoms with E-state index < -0.39 is 34.7 Å². The summed E-state index contributed by atoms with van der Waals surface area (Å²) in [5, 5.41) is 0.972. The molecule has 1 aromatic heterocycles. The molecule has 10 heteroatoms. The van der Waals surface area contributed by atoms with Crippen LogP contribution in [0.15, 0.2) is 35.6 Å². The first kappa shape index (κ1) is 18.1. The van der Waals surface area contributed by atoms with Crippen LogP contribution in [0.2, 0.25) is 0 Å². The highest BCUT2D eigenvalue weighted by molar-refractivity contribution is 8.00. The molecule has 0 saturated carbocycles. The summed E-state index contributed by atoms with van der Waals surface area (Å²) >= 11 is 0.661. The largest absolute Gasteiger partial charge is 0.433 e. The fraction of sp³-hybridized carbons (Fsp3) is 0.214. The maximum atomic E-state index is 13.5. The lowest BCUT2D eigenvalue weighted by Crippen LogP contribution is -2.23. The predicted molar refractivity (Wildman–Crippen MR) is 77.3 cm³/mol. The van der Waals surface area contributed by atoms with E-state index in [1.807, 2.05) is 0 Å². The molecular weight excluding hydrogens is 353 g/mol. The number of carbonyl (C=O) groups excluding carboxylic acids is 1. The molecule has 0 spiro atoms. The number of alkyl halides is 3. The molecule has 0 fully saturated rings. The zero-order valence-electron chi connectivity index (χ0n) is 12.1. The van der Waals surface area contributed by atoms with Gasteiger partial charge in [-0.15, -0.1) is 0 Å². The molecule has 2 aromatic rings. The summed E-state index contributed by atoms with van der Waals surface area (Å²) in [6, 6.07) is 3.24. The molecule has 1 N–H and O–H groups in total. The van der Waals surface area contributed by atoms with Gasteiger partial charge in [0.15, 0.2) is 5.16 Å². The lowest BCUT2D eigenvalue weighted by Gasteiger charge is -2.12. The highest BCUT2D eigenvalue weighted by Gasteiger charge is 2.33. The molecule has 1 amide bonds. The maximum Gasteiger partial charge on any atom is 0.433 e. The van der Waals surface area contributed by atoms with Gasteiger partial charge in [-0.1, -0.05) is 11.8 Å². The van der Waals surface area contributed by atoms with Crippen LogP contribution in [0, 0.1) is 11.6 Å².